The van der Waals surface area contributed by atoms with Crippen LogP contribution in [0.1, 0.15) is 26.0 Å². The van der Waals surface area contributed by atoms with Crippen LogP contribution in [0.15, 0.2) is 0 Å². The number of hydrogen-bond donors (Lipinski definition) is 3. The summed E-state index contributed by atoms with van der Waals surface area (Å²) in [5.74, 6) is 1.31. The average molecular weight is 226 g/mol. The number of nitrogen functional groups attached to an aromatic ring is 1. The summed E-state index contributed by atoms with van der Waals surface area (Å²) in [7, 11) is 0. The highest BCUT2D eigenvalue weighted by Crippen LogP contribution is 2.22. The van der Waals surface area contributed by atoms with Gasteiger partial charge in [0.15, 0.2) is 0 Å². The van der Waals surface area contributed by atoms with Crippen LogP contribution in [0.4, 0.5) is 11.5 Å². The van der Waals surface area contributed by atoms with Crippen LogP contribution in [0, 0.1) is 12.8 Å². The fourth-order valence-electron chi connectivity index (χ4n) is 1.60. The number of aromatic nitrogens is 2. The van der Waals surface area contributed by atoms with Gasteiger partial charge in [0.1, 0.15) is 5.82 Å². The fraction of sp³-hybridized carbons (Fsp3) is 0.727. The van der Waals surface area contributed by atoms with Crippen molar-refractivity contribution >= 4 is 11.5 Å². The van der Waals surface area contributed by atoms with Gasteiger partial charge in [-0.05, 0) is 26.2 Å². The number of aliphatic hydroxyl groups is 1. The molecular formula is C11H22N4O. The molecule has 0 bridgehead atoms. The maximum Gasteiger partial charge on any atom is 0.148 e. The molecule has 1 unspecified atom stereocenters. The van der Waals surface area contributed by atoms with Gasteiger partial charge in [-0.3, -0.25) is 0 Å². The van der Waals surface area contributed by atoms with Gasteiger partial charge >= 0.3 is 0 Å². The molecule has 0 aliphatic rings. The molecular weight excluding hydrogens is 204 g/mol. The van der Waals surface area contributed by atoms with Crippen LogP contribution in [-0.2, 0) is 6.54 Å². The van der Waals surface area contributed by atoms with E-state index in [0.717, 1.165) is 36.7 Å². The summed E-state index contributed by atoms with van der Waals surface area (Å²) in [6.07, 6.45) is 0.798. The topological polar surface area (TPSA) is 76.1 Å². The zero-order chi connectivity index (χ0) is 12.1. The minimum Gasteiger partial charge on any atom is -0.396 e. The lowest BCUT2D eigenvalue weighted by Crippen LogP contribution is -2.16. The summed E-state index contributed by atoms with van der Waals surface area (Å²) in [6, 6.07) is 0. The molecule has 0 aliphatic carbocycles. The molecule has 0 spiro atoms. The number of anilines is 2. The first-order chi connectivity index (χ1) is 7.60. The third-order valence-electron chi connectivity index (χ3n) is 2.71. The maximum absolute atomic E-state index is 8.82. The monoisotopic (exact) mass is 226 g/mol. The van der Waals surface area contributed by atoms with Gasteiger partial charge < -0.3 is 16.2 Å². The lowest BCUT2D eigenvalue weighted by atomic mass is 10.1. The van der Waals surface area contributed by atoms with Crippen LogP contribution in [-0.4, -0.2) is 28.0 Å². The molecule has 16 heavy (non-hydrogen) atoms. The molecule has 1 heterocycles. The largest absolute Gasteiger partial charge is 0.396 e. The van der Waals surface area contributed by atoms with Crippen LogP contribution < -0.4 is 11.1 Å². The van der Waals surface area contributed by atoms with Crippen molar-refractivity contribution in [1.82, 2.24) is 9.78 Å². The Morgan fingerprint density at radius 3 is 2.81 bits per heavy atom. The van der Waals surface area contributed by atoms with Gasteiger partial charge in [-0.1, -0.05) is 6.92 Å². The van der Waals surface area contributed by atoms with Gasteiger partial charge in [-0.25, -0.2) is 4.68 Å². The predicted molar refractivity (Wildman–Crippen MR) is 66.4 cm³/mol. The van der Waals surface area contributed by atoms with E-state index in [2.05, 4.69) is 17.3 Å². The molecule has 4 N–H and O–H groups in total. The molecule has 0 amide bonds. The lowest BCUT2D eigenvalue weighted by molar-refractivity contribution is 0.265. The standard InChI is InChI=1S/C11H22N4O/c1-4-15-11(10(12)9(3)14-15)13-7-8(2)5-6-16/h8,13,16H,4-7,12H2,1-3H3. The second kappa shape index (κ2) is 5.75. The lowest BCUT2D eigenvalue weighted by Gasteiger charge is -2.13. The van der Waals surface area contributed by atoms with Crippen LogP contribution in [0.5, 0.6) is 0 Å². The Labute approximate surface area is 96.6 Å². The van der Waals surface area contributed by atoms with Gasteiger partial charge in [0, 0.05) is 19.7 Å². The number of nitrogens with one attached hydrogen (secondary N) is 1. The van der Waals surface area contributed by atoms with Crippen LogP contribution in [0.2, 0.25) is 0 Å². The van der Waals surface area contributed by atoms with Crippen LogP contribution in [0.25, 0.3) is 0 Å². The SMILES string of the molecule is CCn1nc(C)c(N)c1NCC(C)CCO. The zero-order valence-electron chi connectivity index (χ0n) is 10.3. The van der Waals surface area contributed by atoms with E-state index in [1.54, 1.807) is 0 Å². The van der Waals surface area contributed by atoms with E-state index in [9.17, 15) is 0 Å². The number of nitrogens with zero attached hydrogens (tertiary/aromatic N) is 2. The highest BCUT2D eigenvalue weighted by molar-refractivity contribution is 5.64. The van der Waals surface area contributed by atoms with E-state index in [-0.39, 0.29) is 6.61 Å². The van der Waals surface area contributed by atoms with Crippen molar-refractivity contribution in [2.24, 2.45) is 5.92 Å². The number of rotatable bonds is 6. The van der Waals surface area contributed by atoms with E-state index in [4.69, 9.17) is 10.8 Å². The highest BCUT2D eigenvalue weighted by Gasteiger charge is 2.11. The molecule has 0 radical (unpaired) electrons. The highest BCUT2D eigenvalue weighted by atomic mass is 16.3. The molecule has 0 saturated carbocycles. The van der Waals surface area contributed by atoms with Crippen molar-refractivity contribution in [3.63, 3.8) is 0 Å². The Kier molecular flexibility index (Phi) is 4.61. The summed E-state index contributed by atoms with van der Waals surface area (Å²) < 4.78 is 1.87. The van der Waals surface area contributed by atoms with Crippen molar-refractivity contribution in [2.45, 2.75) is 33.7 Å². The summed E-state index contributed by atoms with van der Waals surface area (Å²) in [4.78, 5) is 0. The molecule has 0 aromatic carbocycles. The molecule has 5 heteroatoms. The molecule has 1 rings (SSSR count). The Bertz CT molecular complexity index is 335. The smallest absolute Gasteiger partial charge is 0.148 e. The Morgan fingerprint density at radius 2 is 2.25 bits per heavy atom. The first kappa shape index (κ1) is 12.8. The summed E-state index contributed by atoms with van der Waals surface area (Å²) in [5, 5.41) is 16.5. The van der Waals surface area contributed by atoms with E-state index in [1.165, 1.54) is 0 Å². The minimum atomic E-state index is 0.227. The van der Waals surface area contributed by atoms with Crippen molar-refractivity contribution < 1.29 is 5.11 Å². The van der Waals surface area contributed by atoms with Crippen LogP contribution >= 0.6 is 0 Å². The van der Waals surface area contributed by atoms with E-state index >= 15 is 0 Å². The van der Waals surface area contributed by atoms with Crippen molar-refractivity contribution in [3.05, 3.63) is 5.69 Å². The third kappa shape index (κ3) is 2.88. The van der Waals surface area contributed by atoms with Gasteiger partial charge in [0.05, 0.1) is 11.4 Å². The Morgan fingerprint density at radius 1 is 1.56 bits per heavy atom. The second-order valence-electron chi connectivity index (χ2n) is 4.16. The third-order valence-corrected chi connectivity index (χ3v) is 2.71. The molecule has 1 aromatic rings. The maximum atomic E-state index is 8.82. The minimum absolute atomic E-state index is 0.227. The molecule has 5 nitrogen and oxygen atoms in total. The summed E-state index contributed by atoms with van der Waals surface area (Å²) >= 11 is 0. The average Bonchev–Trinajstić information content (AvgIpc) is 2.53. The van der Waals surface area contributed by atoms with Crippen molar-refractivity contribution in [2.75, 3.05) is 24.2 Å². The van der Waals surface area contributed by atoms with Gasteiger partial charge in [-0.2, -0.15) is 5.10 Å². The first-order valence-corrected chi connectivity index (χ1v) is 5.77. The van der Waals surface area contributed by atoms with Crippen molar-refractivity contribution in [3.8, 4) is 0 Å². The number of aliphatic hydroxyl groups excluding tert-OH is 1. The normalized spacial score (nSPS) is 12.8. The molecule has 1 aromatic heterocycles. The Balaban J connectivity index is 2.65. The molecule has 1 atom stereocenters. The summed E-state index contributed by atoms with van der Waals surface area (Å²) in [5.41, 5.74) is 7.52. The van der Waals surface area contributed by atoms with E-state index in [1.807, 2.05) is 18.5 Å². The number of aryl methyl sites for hydroxylation is 2. The van der Waals surface area contributed by atoms with Crippen LogP contribution in [0.3, 0.4) is 0 Å². The first-order valence-electron chi connectivity index (χ1n) is 5.77. The molecule has 0 saturated heterocycles. The van der Waals surface area contributed by atoms with Crippen molar-refractivity contribution in [1.29, 1.82) is 0 Å². The van der Waals surface area contributed by atoms with Gasteiger partial charge in [-0.15, -0.1) is 0 Å². The Hall–Kier alpha value is -1.23. The molecule has 0 aliphatic heterocycles. The fourth-order valence-corrected chi connectivity index (χ4v) is 1.60. The summed E-state index contributed by atoms with van der Waals surface area (Å²) in [6.45, 7) is 7.87. The number of nitrogens with two attached hydrogens (primary N) is 1. The zero-order valence-corrected chi connectivity index (χ0v) is 10.3. The molecule has 0 fully saturated rings. The van der Waals surface area contributed by atoms with Gasteiger partial charge in [0.2, 0.25) is 0 Å². The van der Waals surface area contributed by atoms with Gasteiger partial charge in [0.25, 0.3) is 0 Å². The van der Waals surface area contributed by atoms with E-state index in [0.29, 0.717) is 5.92 Å². The quantitative estimate of drug-likeness (QED) is 0.682. The second-order valence-corrected chi connectivity index (χ2v) is 4.16. The molecule has 92 valence electrons. The predicted octanol–water partition coefficient (Wildman–Crippen LogP) is 1.22. The van der Waals surface area contributed by atoms with E-state index < -0.39 is 0 Å². The number of hydrogen-bond acceptors (Lipinski definition) is 4.